The molecule has 20 heteroatoms. The predicted molar refractivity (Wildman–Crippen MR) is 276 cm³/mol. The van der Waals surface area contributed by atoms with Crippen LogP contribution in [0.25, 0.3) is 10.4 Å². The molecule has 3 heterocycles. The second kappa shape index (κ2) is 29.0. The van der Waals surface area contributed by atoms with Crippen LogP contribution in [0.3, 0.4) is 0 Å². The van der Waals surface area contributed by atoms with E-state index in [1.165, 1.54) is 13.8 Å². The van der Waals surface area contributed by atoms with Gasteiger partial charge in [0.05, 0.1) is 58.9 Å². The molecule has 5 aromatic carbocycles. The fourth-order valence-corrected chi connectivity index (χ4v) is 9.55. The van der Waals surface area contributed by atoms with Gasteiger partial charge in [-0.25, -0.2) is 0 Å². The summed E-state index contributed by atoms with van der Waals surface area (Å²) in [6.45, 7) is 1.92. The molecule has 0 aliphatic carbocycles. The van der Waals surface area contributed by atoms with Crippen molar-refractivity contribution in [3.63, 3.8) is 0 Å². The number of azide groups is 1. The van der Waals surface area contributed by atoms with Crippen molar-refractivity contribution in [2.24, 2.45) is 5.11 Å². The average molecular weight is 1060 g/mol. The molecule has 77 heavy (non-hydrogen) atoms. The van der Waals surface area contributed by atoms with E-state index in [0.29, 0.717) is 0 Å². The average Bonchev–Trinajstić information content (AvgIpc) is 3.44. The number of nitrogens with one attached hydrogen (secondary N) is 2. The lowest BCUT2D eigenvalue weighted by molar-refractivity contribution is -0.367. The van der Waals surface area contributed by atoms with E-state index in [0.717, 1.165) is 27.8 Å². The van der Waals surface area contributed by atoms with Gasteiger partial charge in [0.1, 0.15) is 67.1 Å². The van der Waals surface area contributed by atoms with Gasteiger partial charge in [0.15, 0.2) is 18.8 Å². The number of carbonyl (C=O) groups is 2. The van der Waals surface area contributed by atoms with E-state index in [1.54, 1.807) is 0 Å². The fraction of sp³-hybridized carbons (Fsp3) is 0.439. The Morgan fingerprint density at radius 3 is 1.31 bits per heavy atom. The van der Waals surface area contributed by atoms with Crippen LogP contribution >= 0.6 is 0 Å². The van der Waals surface area contributed by atoms with Crippen molar-refractivity contribution in [3.05, 3.63) is 190 Å². The van der Waals surface area contributed by atoms with Gasteiger partial charge in [-0.1, -0.05) is 157 Å². The molecule has 5 N–H and O–H groups in total. The second-order valence-electron chi connectivity index (χ2n) is 19.0. The third-order valence-electron chi connectivity index (χ3n) is 13.3. The number of benzene rings is 5. The predicted octanol–water partition coefficient (Wildman–Crippen LogP) is 5.16. The number of hydrogen-bond acceptors (Lipinski definition) is 16. The Labute approximate surface area is 447 Å². The summed E-state index contributed by atoms with van der Waals surface area (Å²) in [6.07, 6.45) is -17.1. The van der Waals surface area contributed by atoms with Crippen LogP contribution in [0.4, 0.5) is 0 Å². The highest BCUT2D eigenvalue weighted by molar-refractivity contribution is 5.73. The van der Waals surface area contributed by atoms with Crippen LogP contribution in [0, 0.1) is 0 Å². The van der Waals surface area contributed by atoms with Gasteiger partial charge in [-0.15, -0.1) is 0 Å². The van der Waals surface area contributed by atoms with Gasteiger partial charge >= 0.3 is 0 Å². The number of hydrogen-bond donors (Lipinski definition) is 5. The van der Waals surface area contributed by atoms with Crippen molar-refractivity contribution in [1.82, 2.24) is 10.6 Å². The number of aliphatic hydroxyl groups is 3. The summed E-state index contributed by atoms with van der Waals surface area (Å²) in [5.41, 5.74) is 13.9. The quantitative estimate of drug-likeness (QED) is 0.0288. The minimum absolute atomic E-state index is 0.0152. The number of carbonyl (C=O) groups excluding carboxylic acids is 2. The van der Waals surface area contributed by atoms with Gasteiger partial charge in [0.25, 0.3) is 0 Å². The first kappa shape index (κ1) is 57.0. The number of amides is 2. The maximum Gasteiger partial charge on any atom is 0.217 e. The van der Waals surface area contributed by atoms with Crippen molar-refractivity contribution in [2.45, 2.75) is 139 Å². The van der Waals surface area contributed by atoms with Gasteiger partial charge < -0.3 is 73.3 Å². The first-order valence-electron chi connectivity index (χ1n) is 25.6. The lowest BCUT2D eigenvalue weighted by Crippen LogP contribution is -2.70. The zero-order valence-corrected chi connectivity index (χ0v) is 42.8. The van der Waals surface area contributed by atoms with Crippen LogP contribution < -0.4 is 10.6 Å². The molecule has 0 aromatic heterocycles. The smallest absolute Gasteiger partial charge is 0.217 e. The minimum Gasteiger partial charge on any atom is -0.394 e. The number of ether oxygens (including phenoxy) is 10. The van der Waals surface area contributed by atoms with Crippen LogP contribution in [0.1, 0.15) is 41.7 Å². The van der Waals surface area contributed by atoms with Gasteiger partial charge in [0.2, 0.25) is 11.8 Å². The Bertz CT molecular complexity index is 2590. The first-order chi connectivity index (χ1) is 37.6. The molecule has 0 bridgehead atoms. The summed E-state index contributed by atoms with van der Waals surface area (Å²) >= 11 is 0. The van der Waals surface area contributed by atoms with E-state index in [9.17, 15) is 30.4 Å². The highest BCUT2D eigenvalue weighted by atomic mass is 16.8. The normalized spacial score (nSPS) is 29.2. The standard InChI is InChI=1S/C57H67N5O15/c1-36(64)59-46-52(70-31-40-22-12-5-13-23-40)50(44(73-55(46)61-62-58)34-68-29-38-18-8-3-9-19-38)76-56-47(60-37(2)65)53(71-32-41-24-14-6-15-25-41)51(45(75-56)35-69-30-39-20-10-4-11-21-39)77-57-54(49(67)48(66)43(28-63)74-57)72-33-42-26-16-7-17-27-42/h3-27,43-57,63,66-67H,28-35H2,1-2H3,(H,59,64)(H,60,65)/t43-,44-,45-,46-,47-,48-,49+,50-,51-,52-,53-,54+,55-,56+,57+/m1/s1. The largest absolute Gasteiger partial charge is 0.394 e. The highest BCUT2D eigenvalue weighted by Crippen LogP contribution is 2.37. The van der Waals surface area contributed by atoms with E-state index in [-0.39, 0.29) is 46.2 Å². The van der Waals surface area contributed by atoms with E-state index in [2.05, 4.69) is 20.7 Å². The molecule has 0 unspecified atom stereocenters. The molecule has 0 saturated carbocycles. The lowest BCUT2D eigenvalue weighted by atomic mass is 9.93. The molecule has 15 atom stereocenters. The molecule has 410 valence electrons. The molecule has 0 spiro atoms. The number of rotatable bonds is 25. The zero-order valence-electron chi connectivity index (χ0n) is 42.8. The van der Waals surface area contributed by atoms with Gasteiger partial charge in [-0.05, 0) is 33.3 Å². The van der Waals surface area contributed by atoms with Crippen LogP contribution in [-0.4, -0.2) is 139 Å². The van der Waals surface area contributed by atoms with E-state index >= 15 is 0 Å². The van der Waals surface area contributed by atoms with Crippen molar-refractivity contribution < 1.29 is 72.3 Å². The molecule has 5 aromatic rings. The fourth-order valence-electron chi connectivity index (χ4n) is 9.55. The van der Waals surface area contributed by atoms with Crippen LogP contribution in [-0.2, 0) is 90.0 Å². The summed E-state index contributed by atoms with van der Waals surface area (Å²) in [4.78, 5) is 29.7. The summed E-state index contributed by atoms with van der Waals surface area (Å²) in [5, 5.41) is 43.2. The Morgan fingerprint density at radius 1 is 0.506 bits per heavy atom. The first-order valence-corrected chi connectivity index (χ1v) is 25.6. The minimum atomic E-state index is -1.61. The summed E-state index contributed by atoms with van der Waals surface area (Å²) in [7, 11) is 0. The van der Waals surface area contributed by atoms with E-state index in [1.807, 2.05) is 152 Å². The van der Waals surface area contributed by atoms with E-state index < -0.39 is 110 Å². The molecule has 3 saturated heterocycles. The van der Waals surface area contributed by atoms with Gasteiger partial charge in [-0.3, -0.25) is 9.59 Å². The Hall–Kier alpha value is -6.17. The molecular formula is C57H67N5O15. The molecule has 3 aliphatic heterocycles. The van der Waals surface area contributed by atoms with Crippen LogP contribution in [0.2, 0.25) is 0 Å². The topological polar surface area (TPSA) is 260 Å². The van der Waals surface area contributed by atoms with Gasteiger partial charge in [0, 0.05) is 18.8 Å². The maximum absolute atomic E-state index is 13.6. The Morgan fingerprint density at radius 2 is 0.883 bits per heavy atom. The highest BCUT2D eigenvalue weighted by Gasteiger charge is 2.56. The molecule has 8 rings (SSSR count). The summed E-state index contributed by atoms with van der Waals surface area (Å²) in [6, 6.07) is 44.4. The Kier molecular flexibility index (Phi) is 21.5. The molecule has 2 amide bonds. The second-order valence-corrected chi connectivity index (χ2v) is 19.0. The molecule has 0 radical (unpaired) electrons. The zero-order chi connectivity index (χ0) is 53.9. The van der Waals surface area contributed by atoms with Crippen LogP contribution in [0.5, 0.6) is 0 Å². The van der Waals surface area contributed by atoms with Crippen molar-refractivity contribution in [1.29, 1.82) is 0 Å². The van der Waals surface area contributed by atoms with Crippen molar-refractivity contribution in [3.8, 4) is 0 Å². The molecular weight excluding hydrogens is 995 g/mol. The number of aliphatic hydroxyl groups excluding tert-OH is 3. The maximum atomic E-state index is 13.6. The summed E-state index contributed by atoms with van der Waals surface area (Å²) in [5.74, 6) is -0.983. The van der Waals surface area contributed by atoms with Crippen molar-refractivity contribution in [2.75, 3.05) is 19.8 Å². The van der Waals surface area contributed by atoms with Gasteiger partial charge in [-0.2, -0.15) is 0 Å². The molecule has 3 fully saturated rings. The lowest BCUT2D eigenvalue weighted by Gasteiger charge is -2.51. The molecule has 3 aliphatic rings. The SMILES string of the molecule is CC(=O)N[C@@H]1[C@@H](OCc2ccccc2)[C@H](O[C@@H]2O[C@H](COCc3ccccc3)[C@@H](O[C@@H]3O[C@H](CO)[C@@H](O)[C@H](O)[C@@H]3OCc3ccccc3)[C@H](OCc3ccccc3)[C@H]2NC(C)=O)[C@@H](COCc2ccccc2)O[C@H]1N=[N+]=[N-]. The third kappa shape index (κ3) is 16.0. The van der Waals surface area contributed by atoms with E-state index in [4.69, 9.17) is 47.4 Å². The number of nitrogens with zero attached hydrogens (tertiary/aromatic N) is 3. The Balaban J connectivity index is 1.21. The van der Waals surface area contributed by atoms with Crippen LogP contribution in [0.15, 0.2) is 157 Å². The summed E-state index contributed by atoms with van der Waals surface area (Å²) < 4.78 is 66.6. The monoisotopic (exact) mass is 1060 g/mol. The molecule has 20 nitrogen and oxygen atoms in total. The van der Waals surface area contributed by atoms with Crippen molar-refractivity contribution >= 4 is 11.8 Å². The third-order valence-corrected chi connectivity index (χ3v) is 13.3.